The molecule has 0 saturated carbocycles. The molecule has 1 unspecified atom stereocenters. The molecule has 1 rings (SSSR count). The molecule has 0 amide bonds. The minimum atomic E-state index is -0.403. The summed E-state index contributed by atoms with van der Waals surface area (Å²) in [6, 6.07) is 5.79. The van der Waals surface area contributed by atoms with Crippen LogP contribution in [0.15, 0.2) is 18.2 Å². The van der Waals surface area contributed by atoms with E-state index in [1.807, 2.05) is 32.0 Å². The standard InChI is InChI=1S/C13H19ClO/c1-8(2)11-7-10(5-6-12(11)14)13(15)9(3)4/h5-9,13,15H,1-4H3. The van der Waals surface area contributed by atoms with Gasteiger partial charge in [-0.15, -0.1) is 0 Å². The fourth-order valence-corrected chi connectivity index (χ4v) is 1.91. The SMILES string of the molecule is CC(C)c1cc(C(O)C(C)C)ccc1Cl. The van der Waals surface area contributed by atoms with E-state index in [-0.39, 0.29) is 5.92 Å². The first-order valence-electron chi connectivity index (χ1n) is 5.41. The Labute approximate surface area is 97.1 Å². The predicted octanol–water partition coefficient (Wildman–Crippen LogP) is 4.15. The molecule has 0 bridgehead atoms. The van der Waals surface area contributed by atoms with Crippen molar-refractivity contribution in [3.05, 3.63) is 34.3 Å². The molecule has 1 nitrogen and oxygen atoms in total. The van der Waals surface area contributed by atoms with Crippen molar-refractivity contribution >= 4 is 11.6 Å². The molecule has 0 radical (unpaired) electrons. The Balaban J connectivity index is 3.07. The van der Waals surface area contributed by atoms with Crippen LogP contribution in [0.25, 0.3) is 0 Å². The quantitative estimate of drug-likeness (QED) is 0.821. The first-order chi connectivity index (χ1) is 6.93. The Hall–Kier alpha value is -0.530. The number of rotatable bonds is 3. The highest BCUT2D eigenvalue weighted by molar-refractivity contribution is 6.31. The second-order valence-corrected chi connectivity index (χ2v) is 5.03. The molecule has 2 heteroatoms. The van der Waals surface area contributed by atoms with Crippen LogP contribution in [0.4, 0.5) is 0 Å². The van der Waals surface area contributed by atoms with Gasteiger partial charge in [0, 0.05) is 5.02 Å². The van der Waals surface area contributed by atoms with Gasteiger partial charge in [0.2, 0.25) is 0 Å². The molecule has 15 heavy (non-hydrogen) atoms. The zero-order valence-corrected chi connectivity index (χ0v) is 10.5. The van der Waals surface area contributed by atoms with E-state index < -0.39 is 6.10 Å². The summed E-state index contributed by atoms with van der Waals surface area (Å²) < 4.78 is 0. The van der Waals surface area contributed by atoms with Gasteiger partial charge in [0.1, 0.15) is 0 Å². The fraction of sp³-hybridized carbons (Fsp3) is 0.538. The van der Waals surface area contributed by atoms with Crippen molar-refractivity contribution in [1.82, 2.24) is 0 Å². The minimum Gasteiger partial charge on any atom is -0.388 e. The lowest BCUT2D eigenvalue weighted by atomic mass is 9.94. The summed E-state index contributed by atoms with van der Waals surface area (Å²) in [6.07, 6.45) is -0.403. The van der Waals surface area contributed by atoms with Crippen molar-refractivity contribution < 1.29 is 5.11 Å². The number of hydrogen-bond acceptors (Lipinski definition) is 1. The minimum absolute atomic E-state index is 0.228. The fourth-order valence-electron chi connectivity index (χ4n) is 1.57. The third kappa shape index (κ3) is 2.96. The Morgan fingerprint density at radius 2 is 1.73 bits per heavy atom. The highest BCUT2D eigenvalue weighted by Gasteiger charge is 2.14. The van der Waals surface area contributed by atoms with Gasteiger partial charge in [-0.05, 0) is 29.0 Å². The van der Waals surface area contributed by atoms with Crippen LogP contribution in [-0.2, 0) is 0 Å². The second-order valence-electron chi connectivity index (χ2n) is 4.62. The number of aliphatic hydroxyl groups is 1. The van der Waals surface area contributed by atoms with E-state index >= 15 is 0 Å². The molecular formula is C13H19ClO. The van der Waals surface area contributed by atoms with Gasteiger partial charge in [0.25, 0.3) is 0 Å². The van der Waals surface area contributed by atoms with Crippen LogP contribution in [0.3, 0.4) is 0 Å². The largest absolute Gasteiger partial charge is 0.388 e. The van der Waals surface area contributed by atoms with Crippen molar-refractivity contribution in [2.75, 3.05) is 0 Å². The lowest BCUT2D eigenvalue weighted by molar-refractivity contribution is 0.127. The lowest BCUT2D eigenvalue weighted by Gasteiger charge is -2.17. The number of benzene rings is 1. The zero-order chi connectivity index (χ0) is 11.6. The maximum Gasteiger partial charge on any atom is 0.0813 e. The summed E-state index contributed by atoms with van der Waals surface area (Å²) in [4.78, 5) is 0. The summed E-state index contributed by atoms with van der Waals surface area (Å²) in [6.45, 7) is 8.22. The van der Waals surface area contributed by atoms with Crippen LogP contribution in [0.1, 0.15) is 50.8 Å². The molecule has 84 valence electrons. The van der Waals surface area contributed by atoms with Crippen LogP contribution < -0.4 is 0 Å². The van der Waals surface area contributed by atoms with E-state index in [4.69, 9.17) is 11.6 Å². The molecule has 0 saturated heterocycles. The van der Waals surface area contributed by atoms with Crippen molar-refractivity contribution in [3.63, 3.8) is 0 Å². The van der Waals surface area contributed by atoms with E-state index in [0.717, 1.165) is 16.1 Å². The van der Waals surface area contributed by atoms with Crippen LogP contribution in [0.2, 0.25) is 5.02 Å². The van der Waals surface area contributed by atoms with E-state index in [0.29, 0.717) is 5.92 Å². The summed E-state index contributed by atoms with van der Waals surface area (Å²) >= 11 is 6.09. The van der Waals surface area contributed by atoms with Crippen molar-refractivity contribution in [2.45, 2.75) is 39.7 Å². The molecule has 1 aromatic rings. The molecule has 0 heterocycles. The Morgan fingerprint density at radius 1 is 1.13 bits per heavy atom. The van der Waals surface area contributed by atoms with Gasteiger partial charge in [0.15, 0.2) is 0 Å². The Bertz CT molecular complexity index is 331. The molecule has 0 aliphatic rings. The maximum absolute atomic E-state index is 9.95. The first kappa shape index (κ1) is 12.5. The van der Waals surface area contributed by atoms with E-state index in [1.165, 1.54) is 0 Å². The maximum atomic E-state index is 9.95. The summed E-state index contributed by atoms with van der Waals surface area (Å²) in [5, 5.41) is 10.7. The van der Waals surface area contributed by atoms with Gasteiger partial charge in [-0.3, -0.25) is 0 Å². The molecule has 1 N–H and O–H groups in total. The first-order valence-corrected chi connectivity index (χ1v) is 5.78. The van der Waals surface area contributed by atoms with E-state index in [1.54, 1.807) is 0 Å². The average molecular weight is 227 g/mol. The van der Waals surface area contributed by atoms with Gasteiger partial charge in [-0.25, -0.2) is 0 Å². The van der Waals surface area contributed by atoms with Crippen LogP contribution in [0, 0.1) is 5.92 Å². The number of aliphatic hydroxyl groups excluding tert-OH is 1. The lowest BCUT2D eigenvalue weighted by Crippen LogP contribution is -2.06. The third-order valence-electron chi connectivity index (χ3n) is 2.62. The smallest absolute Gasteiger partial charge is 0.0813 e. The summed E-state index contributed by atoms with van der Waals surface area (Å²) in [5.74, 6) is 0.614. The molecule has 1 aromatic carbocycles. The molecule has 0 fully saturated rings. The van der Waals surface area contributed by atoms with Crippen LogP contribution >= 0.6 is 11.6 Å². The van der Waals surface area contributed by atoms with E-state index in [9.17, 15) is 5.11 Å². The monoisotopic (exact) mass is 226 g/mol. The Kier molecular flexibility index (Phi) is 4.18. The zero-order valence-electron chi connectivity index (χ0n) is 9.79. The predicted molar refractivity (Wildman–Crippen MR) is 65.3 cm³/mol. The van der Waals surface area contributed by atoms with Gasteiger partial charge < -0.3 is 5.11 Å². The van der Waals surface area contributed by atoms with Gasteiger partial charge in [-0.1, -0.05) is 51.4 Å². The van der Waals surface area contributed by atoms with Crippen molar-refractivity contribution in [1.29, 1.82) is 0 Å². The van der Waals surface area contributed by atoms with Gasteiger partial charge in [-0.2, -0.15) is 0 Å². The number of hydrogen-bond donors (Lipinski definition) is 1. The summed E-state index contributed by atoms with van der Waals surface area (Å²) in [5.41, 5.74) is 2.06. The van der Waals surface area contributed by atoms with Crippen LogP contribution in [-0.4, -0.2) is 5.11 Å². The number of halogens is 1. The molecule has 0 aliphatic carbocycles. The van der Waals surface area contributed by atoms with Crippen molar-refractivity contribution in [3.8, 4) is 0 Å². The molecule has 0 aromatic heterocycles. The Morgan fingerprint density at radius 3 is 2.20 bits per heavy atom. The van der Waals surface area contributed by atoms with E-state index in [2.05, 4.69) is 13.8 Å². The van der Waals surface area contributed by atoms with Gasteiger partial charge >= 0.3 is 0 Å². The molecule has 1 atom stereocenters. The third-order valence-corrected chi connectivity index (χ3v) is 2.96. The highest BCUT2D eigenvalue weighted by Crippen LogP contribution is 2.29. The highest BCUT2D eigenvalue weighted by atomic mass is 35.5. The molecule has 0 aliphatic heterocycles. The van der Waals surface area contributed by atoms with Crippen molar-refractivity contribution in [2.24, 2.45) is 5.92 Å². The normalized spacial score (nSPS) is 13.6. The summed E-state index contributed by atoms with van der Waals surface area (Å²) in [7, 11) is 0. The topological polar surface area (TPSA) is 20.2 Å². The average Bonchev–Trinajstić information content (AvgIpc) is 2.16. The van der Waals surface area contributed by atoms with Crippen LogP contribution in [0.5, 0.6) is 0 Å². The molecule has 0 spiro atoms. The molecular weight excluding hydrogens is 208 g/mol. The van der Waals surface area contributed by atoms with Gasteiger partial charge in [0.05, 0.1) is 6.10 Å². The second kappa shape index (κ2) is 5.00.